The Labute approximate surface area is 145 Å². The van der Waals surface area contributed by atoms with Gasteiger partial charge in [-0.2, -0.15) is 0 Å². The second-order valence-corrected chi connectivity index (χ2v) is 6.09. The fourth-order valence-corrected chi connectivity index (χ4v) is 2.97. The summed E-state index contributed by atoms with van der Waals surface area (Å²) < 4.78 is 5.66. The van der Waals surface area contributed by atoms with Crippen molar-refractivity contribution in [1.29, 1.82) is 0 Å². The lowest BCUT2D eigenvalue weighted by Gasteiger charge is -2.03. The number of hydrogen-bond donors (Lipinski definition) is 2. The molecule has 25 heavy (non-hydrogen) atoms. The van der Waals surface area contributed by atoms with E-state index in [2.05, 4.69) is 15.3 Å². The second kappa shape index (κ2) is 6.91. The normalized spacial score (nSPS) is 17.4. The Morgan fingerprint density at radius 2 is 2.12 bits per heavy atom. The molecule has 0 aliphatic carbocycles. The number of aromatic nitrogens is 2. The first kappa shape index (κ1) is 15.6. The summed E-state index contributed by atoms with van der Waals surface area (Å²) >= 11 is 0. The molecule has 1 aliphatic rings. The average molecular weight is 333 g/mol. The van der Waals surface area contributed by atoms with Crippen LogP contribution in [-0.4, -0.2) is 22.5 Å². The molecule has 0 saturated carbocycles. The number of benzene rings is 2. The number of anilines is 1. The van der Waals surface area contributed by atoms with Crippen molar-refractivity contribution in [1.82, 2.24) is 9.97 Å². The molecule has 1 aromatic heterocycles. The van der Waals surface area contributed by atoms with E-state index in [1.54, 1.807) is 6.08 Å². The molecule has 4 rings (SSSR count). The summed E-state index contributed by atoms with van der Waals surface area (Å²) in [4.78, 5) is 20.0. The Kier molecular flexibility index (Phi) is 4.31. The fraction of sp³-hybridized carbons (Fsp3) is 0.200. The number of nitrogens with zero attached hydrogens (tertiary/aromatic N) is 1. The number of aromatic amines is 1. The van der Waals surface area contributed by atoms with Crippen molar-refractivity contribution in [2.45, 2.75) is 18.9 Å². The fourth-order valence-electron chi connectivity index (χ4n) is 2.97. The summed E-state index contributed by atoms with van der Waals surface area (Å²) in [6, 6.07) is 15.4. The smallest absolute Gasteiger partial charge is 0.248 e. The van der Waals surface area contributed by atoms with Crippen molar-refractivity contribution < 1.29 is 9.53 Å². The quantitative estimate of drug-likeness (QED) is 0.707. The minimum atomic E-state index is -0.165. The van der Waals surface area contributed by atoms with E-state index >= 15 is 0 Å². The van der Waals surface area contributed by atoms with Gasteiger partial charge in [-0.1, -0.05) is 30.3 Å². The predicted octanol–water partition coefficient (Wildman–Crippen LogP) is 4.07. The van der Waals surface area contributed by atoms with E-state index in [-0.39, 0.29) is 12.0 Å². The SMILES string of the molecule is O=C(/C=C/c1ccccc1)Nc1ccc2nc([C@@H]3CCCO3)[nH]c2c1. The molecule has 2 N–H and O–H groups in total. The first-order valence-corrected chi connectivity index (χ1v) is 8.43. The summed E-state index contributed by atoms with van der Waals surface area (Å²) in [6.07, 6.45) is 5.44. The second-order valence-electron chi connectivity index (χ2n) is 6.09. The van der Waals surface area contributed by atoms with Gasteiger partial charge < -0.3 is 15.0 Å². The number of nitrogens with one attached hydrogen (secondary N) is 2. The third kappa shape index (κ3) is 3.61. The first-order chi connectivity index (χ1) is 12.3. The maximum Gasteiger partial charge on any atom is 0.248 e. The van der Waals surface area contributed by atoms with Gasteiger partial charge in [0.15, 0.2) is 0 Å². The molecule has 0 unspecified atom stereocenters. The number of amides is 1. The van der Waals surface area contributed by atoms with Crippen molar-refractivity contribution in [3.05, 3.63) is 66.0 Å². The van der Waals surface area contributed by atoms with Crippen molar-refractivity contribution in [3.63, 3.8) is 0 Å². The van der Waals surface area contributed by atoms with Crippen LogP contribution in [0, 0.1) is 0 Å². The molecule has 1 amide bonds. The van der Waals surface area contributed by atoms with Crippen LogP contribution in [-0.2, 0) is 9.53 Å². The Morgan fingerprint density at radius 3 is 2.92 bits per heavy atom. The summed E-state index contributed by atoms with van der Waals surface area (Å²) in [6.45, 7) is 0.788. The molecule has 5 heteroatoms. The standard InChI is InChI=1S/C20H19N3O2/c24-19(11-8-14-5-2-1-3-6-14)21-15-9-10-16-17(13-15)23-20(22-16)18-7-4-12-25-18/h1-3,5-6,8-11,13,18H,4,7,12H2,(H,21,24)(H,22,23)/b11-8+/t18-/m0/s1. The number of imidazole rings is 1. The van der Waals surface area contributed by atoms with Crippen molar-refractivity contribution >= 4 is 28.7 Å². The third-order valence-corrected chi connectivity index (χ3v) is 4.23. The van der Waals surface area contributed by atoms with Crippen LogP contribution in [0.1, 0.15) is 30.3 Å². The van der Waals surface area contributed by atoms with Crippen LogP contribution in [0.5, 0.6) is 0 Å². The lowest BCUT2D eigenvalue weighted by Crippen LogP contribution is -2.07. The van der Waals surface area contributed by atoms with Crippen LogP contribution in [0.3, 0.4) is 0 Å². The van der Waals surface area contributed by atoms with E-state index < -0.39 is 0 Å². The molecular formula is C20H19N3O2. The summed E-state index contributed by atoms with van der Waals surface area (Å²) in [5.41, 5.74) is 3.50. The number of H-pyrrole nitrogens is 1. The van der Waals surface area contributed by atoms with Gasteiger partial charge in [0.05, 0.1) is 11.0 Å². The lowest BCUT2D eigenvalue weighted by molar-refractivity contribution is -0.111. The highest BCUT2D eigenvalue weighted by atomic mass is 16.5. The van der Waals surface area contributed by atoms with Crippen LogP contribution in [0.4, 0.5) is 5.69 Å². The molecule has 126 valence electrons. The number of carbonyl (C=O) groups is 1. The van der Waals surface area contributed by atoms with Gasteiger partial charge in [0.2, 0.25) is 5.91 Å². The van der Waals surface area contributed by atoms with E-state index in [1.165, 1.54) is 6.08 Å². The van der Waals surface area contributed by atoms with E-state index in [0.717, 1.165) is 47.6 Å². The van der Waals surface area contributed by atoms with Gasteiger partial charge in [0.25, 0.3) is 0 Å². The van der Waals surface area contributed by atoms with Crippen molar-refractivity contribution in [2.24, 2.45) is 0 Å². The molecular weight excluding hydrogens is 314 g/mol. The van der Waals surface area contributed by atoms with Gasteiger partial charge in [0.1, 0.15) is 11.9 Å². The van der Waals surface area contributed by atoms with Crippen molar-refractivity contribution in [3.8, 4) is 0 Å². The summed E-state index contributed by atoms with van der Waals surface area (Å²) in [7, 11) is 0. The van der Waals surface area contributed by atoms with Crippen molar-refractivity contribution in [2.75, 3.05) is 11.9 Å². The number of rotatable bonds is 4. The highest BCUT2D eigenvalue weighted by Gasteiger charge is 2.21. The van der Waals surface area contributed by atoms with Gasteiger partial charge in [-0.3, -0.25) is 4.79 Å². The molecule has 2 heterocycles. The van der Waals surface area contributed by atoms with Crippen LogP contribution in [0.2, 0.25) is 0 Å². The number of hydrogen-bond acceptors (Lipinski definition) is 3. The average Bonchev–Trinajstić information content (AvgIpc) is 3.30. The van der Waals surface area contributed by atoms with Crippen LogP contribution >= 0.6 is 0 Å². The topological polar surface area (TPSA) is 67.0 Å². The predicted molar refractivity (Wildman–Crippen MR) is 98.1 cm³/mol. The zero-order valence-electron chi connectivity index (χ0n) is 13.7. The number of carbonyl (C=O) groups excluding carboxylic acids is 1. The molecule has 1 fully saturated rings. The van der Waals surface area contributed by atoms with E-state index in [1.807, 2.05) is 48.5 Å². The minimum absolute atomic E-state index is 0.0549. The van der Waals surface area contributed by atoms with Gasteiger partial charge in [-0.25, -0.2) is 4.98 Å². The summed E-state index contributed by atoms with van der Waals surface area (Å²) in [5.74, 6) is 0.696. The first-order valence-electron chi connectivity index (χ1n) is 8.43. The van der Waals surface area contributed by atoms with Gasteiger partial charge in [0, 0.05) is 18.4 Å². The zero-order chi connectivity index (χ0) is 17.1. The monoisotopic (exact) mass is 333 g/mol. The highest BCUT2D eigenvalue weighted by Crippen LogP contribution is 2.28. The third-order valence-electron chi connectivity index (χ3n) is 4.23. The van der Waals surface area contributed by atoms with Crippen LogP contribution in [0.15, 0.2) is 54.6 Å². The largest absolute Gasteiger partial charge is 0.370 e. The molecule has 2 aromatic carbocycles. The Morgan fingerprint density at radius 1 is 1.24 bits per heavy atom. The molecule has 1 aliphatic heterocycles. The Hall–Kier alpha value is -2.92. The molecule has 1 saturated heterocycles. The lowest BCUT2D eigenvalue weighted by atomic mass is 10.2. The highest BCUT2D eigenvalue weighted by molar-refractivity contribution is 6.02. The van der Waals surface area contributed by atoms with E-state index in [0.29, 0.717) is 0 Å². The maximum atomic E-state index is 12.1. The van der Waals surface area contributed by atoms with E-state index in [4.69, 9.17) is 4.74 Å². The molecule has 0 bridgehead atoms. The molecule has 5 nitrogen and oxygen atoms in total. The molecule has 0 spiro atoms. The minimum Gasteiger partial charge on any atom is -0.370 e. The number of ether oxygens (including phenoxy) is 1. The van der Waals surface area contributed by atoms with Gasteiger partial charge >= 0.3 is 0 Å². The van der Waals surface area contributed by atoms with Crippen LogP contribution < -0.4 is 5.32 Å². The van der Waals surface area contributed by atoms with Crippen LogP contribution in [0.25, 0.3) is 17.1 Å². The Balaban J connectivity index is 1.47. The van der Waals surface area contributed by atoms with Gasteiger partial charge in [-0.15, -0.1) is 0 Å². The maximum absolute atomic E-state index is 12.1. The molecule has 0 radical (unpaired) electrons. The van der Waals surface area contributed by atoms with Gasteiger partial charge in [-0.05, 0) is 42.7 Å². The zero-order valence-corrected chi connectivity index (χ0v) is 13.7. The number of fused-ring (bicyclic) bond motifs is 1. The molecule has 3 aromatic rings. The Bertz CT molecular complexity index is 909. The van der Waals surface area contributed by atoms with E-state index in [9.17, 15) is 4.79 Å². The summed E-state index contributed by atoms with van der Waals surface area (Å²) in [5, 5.41) is 2.88. The molecule has 1 atom stereocenters.